The summed E-state index contributed by atoms with van der Waals surface area (Å²) < 4.78 is 16.2. The summed E-state index contributed by atoms with van der Waals surface area (Å²) in [6.07, 6.45) is 0. The van der Waals surface area contributed by atoms with Crippen LogP contribution in [-0.4, -0.2) is 27.4 Å². The summed E-state index contributed by atoms with van der Waals surface area (Å²) in [5.74, 6) is 1.99. The third-order valence-electron chi connectivity index (χ3n) is 3.99. The van der Waals surface area contributed by atoms with Gasteiger partial charge in [-0.3, -0.25) is 0 Å². The van der Waals surface area contributed by atoms with Crippen LogP contribution >= 0.6 is 0 Å². The summed E-state index contributed by atoms with van der Waals surface area (Å²) in [6, 6.07) is 4.56. The first kappa shape index (κ1) is 17.6. The van der Waals surface area contributed by atoms with E-state index < -0.39 is 0 Å². The largest absolute Gasteiger partial charge is 0.493 e. The van der Waals surface area contributed by atoms with E-state index in [0.717, 1.165) is 5.56 Å². The van der Waals surface area contributed by atoms with Crippen LogP contribution < -0.4 is 19.5 Å². The Hall–Kier alpha value is -1.42. The minimum atomic E-state index is 0.188. The summed E-state index contributed by atoms with van der Waals surface area (Å²) in [5.41, 5.74) is 1.31. The lowest BCUT2D eigenvalue weighted by molar-refractivity contribution is 0.267. The smallest absolute Gasteiger partial charge is 0.203 e. The summed E-state index contributed by atoms with van der Waals surface area (Å²) in [4.78, 5) is 0. The second kappa shape index (κ2) is 7.03. The molecule has 4 heteroatoms. The highest BCUT2D eigenvalue weighted by Gasteiger charge is 2.23. The fourth-order valence-electron chi connectivity index (χ4n) is 2.07. The quantitative estimate of drug-likeness (QED) is 0.866. The molecule has 0 aliphatic rings. The SMILES string of the molecule is COc1cc(C(C)NC(C)C(C)(C)C)cc(OC)c1OC. The van der Waals surface area contributed by atoms with Crippen molar-refractivity contribution in [1.82, 2.24) is 5.32 Å². The highest BCUT2D eigenvalue weighted by Crippen LogP contribution is 2.39. The molecule has 120 valence electrons. The van der Waals surface area contributed by atoms with Crippen molar-refractivity contribution in [1.29, 1.82) is 0 Å². The lowest BCUT2D eigenvalue weighted by atomic mass is 9.87. The van der Waals surface area contributed by atoms with Gasteiger partial charge in [0.2, 0.25) is 5.75 Å². The van der Waals surface area contributed by atoms with Crippen molar-refractivity contribution >= 4 is 0 Å². The third kappa shape index (κ3) is 4.27. The van der Waals surface area contributed by atoms with Gasteiger partial charge in [0, 0.05) is 12.1 Å². The Morgan fingerprint density at radius 1 is 0.905 bits per heavy atom. The second-order valence-electron chi connectivity index (χ2n) is 6.43. The Bertz CT molecular complexity index is 441. The molecule has 21 heavy (non-hydrogen) atoms. The molecular formula is C17H29NO3. The topological polar surface area (TPSA) is 39.7 Å². The number of hydrogen-bond donors (Lipinski definition) is 1. The van der Waals surface area contributed by atoms with E-state index in [9.17, 15) is 0 Å². The highest BCUT2D eigenvalue weighted by molar-refractivity contribution is 5.54. The van der Waals surface area contributed by atoms with Crippen molar-refractivity contribution in [2.75, 3.05) is 21.3 Å². The first-order valence-electron chi connectivity index (χ1n) is 7.30. The molecule has 0 aromatic heterocycles. The van der Waals surface area contributed by atoms with E-state index in [-0.39, 0.29) is 11.5 Å². The lowest BCUT2D eigenvalue weighted by Gasteiger charge is -2.31. The van der Waals surface area contributed by atoms with Crippen LogP contribution in [0.5, 0.6) is 17.2 Å². The van der Waals surface area contributed by atoms with Gasteiger partial charge in [0.1, 0.15) is 0 Å². The van der Waals surface area contributed by atoms with Gasteiger partial charge >= 0.3 is 0 Å². The maximum Gasteiger partial charge on any atom is 0.203 e. The summed E-state index contributed by atoms with van der Waals surface area (Å²) in [5, 5.41) is 3.62. The molecule has 0 fully saturated rings. The Morgan fingerprint density at radius 2 is 1.38 bits per heavy atom. The maximum absolute atomic E-state index is 5.41. The van der Waals surface area contributed by atoms with Crippen molar-refractivity contribution in [3.63, 3.8) is 0 Å². The summed E-state index contributed by atoms with van der Waals surface area (Å²) >= 11 is 0. The molecule has 2 atom stereocenters. The molecule has 1 N–H and O–H groups in total. The van der Waals surface area contributed by atoms with E-state index in [4.69, 9.17) is 14.2 Å². The molecule has 1 rings (SSSR count). The zero-order valence-electron chi connectivity index (χ0n) is 14.5. The van der Waals surface area contributed by atoms with Gasteiger partial charge in [-0.15, -0.1) is 0 Å². The van der Waals surface area contributed by atoms with Gasteiger partial charge in [0.25, 0.3) is 0 Å². The molecule has 0 amide bonds. The molecule has 0 spiro atoms. The Labute approximate surface area is 128 Å². The van der Waals surface area contributed by atoms with Crippen LogP contribution in [0.3, 0.4) is 0 Å². The number of ether oxygens (including phenoxy) is 3. The van der Waals surface area contributed by atoms with E-state index in [1.807, 2.05) is 12.1 Å². The molecule has 0 saturated carbocycles. The molecule has 0 aliphatic carbocycles. The van der Waals surface area contributed by atoms with Gasteiger partial charge in [0.05, 0.1) is 21.3 Å². The molecule has 0 radical (unpaired) electrons. The predicted octanol–water partition coefficient (Wildman–Crippen LogP) is 3.80. The number of nitrogens with one attached hydrogen (secondary N) is 1. The van der Waals surface area contributed by atoms with Gasteiger partial charge in [-0.1, -0.05) is 20.8 Å². The lowest BCUT2D eigenvalue weighted by Crippen LogP contribution is -2.39. The number of benzene rings is 1. The standard InChI is InChI=1S/C17H29NO3/c1-11(18-12(2)17(3,4)5)13-9-14(19-6)16(21-8)15(10-13)20-7/h9-12,18H,1-8H3. The van der Waals surface area contributed by atoms with Crippen molar-refractivity contribution in [3.05, 3.63) is 17.7 Å². The molecule has 4 nitrogen and oxygen atoms in total. The maximum atomic E-state index is 5.41. The normalized spacial score (nSPS) is 14.5. The third-order valence-corrected chi connectivity index (χ3v) is 3.99. The van der Waals surface area contributed by atoms with Crippen LogP contribution in [0.2, 0.25) is 0 Å². The van der Waals surface area contributed by atoms with Crippen LogP contribution in [0.25, 0.3) is 0 Å². The van der Waals surface area contributed by atoms with Gasteiger partial charge in [-0.05, 0) is 37.0 Å². The van der Waals surface area contributed by atoms with Gasteiger partial charge in [-0.25, -0.2) is 0 Å². The fourth-order valence-corrected chi connectivity index (χ4v) is 2.07. The number of hydrogen-bond acceptors (Lipinski definition) is 4. The minimum Gasteiger partial charge on any atom is -0.493 e. The predicted molar refractivity (Wildman–Crippen MR) is 86.6 cm³/mol. The molecule has 1 aromatic carbocycles. The molecular weight excluding hydrogens is 266 g/mol. The number of methoxy groups -OCH3 is 3. The van der Waals surface area contributed by atoms with Crippen LogP contribution in [0.15, 0.2) is 12.1 Å². The molecule has 2 unspecified atom stereocenters. The zero-order valence-corrected chi connectivity index (χ0v) is 14.5. The second-order valence-corrected chi connectivity index (χ2v) is 6.43. The fraction of sp³-hybridized carbons (Fsp3) is 0.647. The first-order chi connectivity index (χ1) is 9.74. The van der Waals surface area contributed by atoms with Gasteiger partial charge in [-0.2, -0.15) is 0 Å². The molecule has 1 aromatic rings. The van der Waals surface area contributed by atoms with Gasteiger partial charge < -0.3 is 19.5 Å². The molecule has 0 saturated heterocycles. The average Bonchev–Trinajstić information content (AvgIpc) is 2.44. The van der Waals surface area contributed by atoms with Crippen molar-refractivity contribution in [3.8, 4) is 17.2 Å². The monoisotopic (exact) mass is 295 g/mol. The first-order valence-corrected chi connectivity index (χ1v) is 7.30. The van der Waals surface area contributed by atoms with E-state index in [1.165, 1.54) is 0 Å². The van der Waals surface area contributed by atoms with Crippen molar-refractivity contribution in [2.24, 2.45) is 5.41 Å². The van der Waals surface area contributed by atoms with Crippen LogP contribution in [0.1, 0.15) is 46.2 Å². The van der Waals surface area contributed by atoms with E-state index in [2.05, 4.69) is 39.9 Å². The van der Waals surface area contributed by atoms with Crippen molar-refractivity contribution < 1.29 is 14.2 Å². The zero-order chi connectivity index (χ0) is 16.2. The van der Waals surface area contributed by atoms with Crippen molar-refractivity contribution in [2.45, 2.75) is 46.7 Å². The van der Waals surface area contributed by atoms with E-state index in [0.29, 0.717) is 23.3 Å². The highest BCUT2D eigenvalue weighted by atomic mass is 16.5. The Morgan fingerprint density at radius 3 is 1.71 bits per heavy atom. The Balaban J connectivity index is 3.07. The van der Waals surface area contributed by atoms with Crippen LogP contribution in [0, 0.1) is 5.41 Å². The molecule has 0 aliphatic heterocycles. The van der Waals surface area contributed by atoms with Crippen LogP contribution in [0.4, 0.5) is 0 Å². The van der Waals surface area contributed by atoms with E-state index in [1.54, 1.807) is 21.3 Å². The van der Waals surface area contributed by atoms with E-state index >= 15 is 0 Å². The Kier molecular flexibility index (Phi) is 5.90. The minimum absolute atomic E-state index is 0.188. The number of rotatable bonds is 6. The van der Waals surface area contributed by atoms with Gasteiger partial charge in [0.15, 0.2) is 11.5 Å². The van der Waals surface area contributed by atoms with Crippen LogP contribution in [-0.2, 0) is 0 Å². The molecule has 0 bridgehead atoms. The summed E-state index contributed by atoms with van der Waals surface area (Å²) in [6.45, 7) is 11.0. The average molecular weight is 295 g/mol. The summed E-state index contributed by atoms with van der Waals surface area (Å²) in [7, 11) is 4.89. The molecule has 0 heterocycles.